The fourth-order valence-corrected chi connectivity index (χ4v) is 1.21. The lowest BCUT2D eigenvalue weighted by molar-refractivity contribution is -0.141. The van der Waals surface area contributed by atoms with Crippen LogP contribution in [-0.4, -0.2) is 11.8 Å². The summed E-state index contributed by atoms with van der Waals surface area (Å²) in [4.78, 5) is 23.1. The number of esters is 1. The fraction of sp³-hybridized carbons (Fsp3) is 0.273. The molecule has 0 aromatic carbocycles. The zero-order chi connectivity index (χ0) is 11.3. The number of ether oxygens (including phenoxy) is 1. The summed E-state index contributed by atoms with van der Waals surface area (Å²) in [5.41, 5.74) is 0. The van der Waals surface area contributed by atoms with Crippen molar-refractivity contribution in [2.45, 2.75) is 13.3 Å². The molecule has 1 aromatic rings. The maximum atomic E-state index is 11.7. The third-order valence-electron chi connectivity index (χ3n) is 1.97. The molecule has 4 heteroatoms. The van der Waals surface area contributed by atoms with Gasteiger partial charge in [0.25, 0.3) is 0 Å². The average Bonchev–Trinajstić information content (AvgIpc) is 2.71. The quantitative estimate of drug-likeness (QED) is 0.322. The second-order valence-corrected chi connectivity index (χ2v) is 2.91. The van der Waals surface area contributed by atoms with Crippen molar-refractivity contribution in [2.24, 2.45) is 5.92 Å². The summed E-state index contributed by atoms with van der Waals surface area (Å²) in [6.45, 7) is 4.99. The van der Waals surface area contributed by atoms with Gasteiger partial charge in [0.2, 0.25) is 5.78 Å². The molecule has 0 aliphatic heterocycles. The van der Waals surface area contributed by atoms with E-state index >= 15 is 0 Å². The Bertz CT molecular complexity index is 351. The van der Waals surface area contributed by atoms with E-state index in [9.17, 15) is 9.59 Å². The number of hydrogen-bond acceptors (Lipinski definition) is 4. The van der Waals surface area contributed by atoms with Gasteiger partial charge in [-0.25, -0.2) is 0 Å². The Labute approximate surface area is 87.5 Å². The summed E-state index contributed by atoms with van der Waals surface area (Å²) in [5, 5.41) is 0. The molecule has 0 saturated heterocycles. The number of furan rings is 1. The number of ketones is 1. The molecule has 1 unspecified atom stereocenters. The van der Waals surface area contributed by atoms with E-state index in [-0.39, 0.29) is 11.5 Å². The monoisotopic (exact) mass is 208 g/mol. The molecule has 15 heavy (non-hydrogen) atoms. The van der Waals surface area contributed by atoms with E-state index in [0.29, 0.717) is 6.42 Å². The minimum atomic E-state index is -0.825. The van der Waals surface area contributed by atoms with Crippen LogP contribution in [0.4, 0.5) is 0 Å². The minimum absolute atomic E-state index is 0.169. The van der Waals surface area contributed by atoms with Gasteiger partial charge in [-0.05, 0) is 18.6 Å². The van der Waals surface area contributed by atoms with Crippen molar-refractivity contribution < 1.29 is 18.7 Å². The van der Waals surface area contributed by atoms with Crippen LogP contribution in [0.25, 0.3) is 0 Å². The van der Waals surface area contributed by atoms with Gasteiger partial charge in [-0.3, -0.25) is 9.59 Å². The van der Waals surface area contributed by atoms with Gasteiger partial charge in [0, 0.05) is 0 Å². The highest BCUT2D eigenvalue weighted by Gasteiger charge is 2.28. The van der Waals surface area contributed by atoms with Crippen LogP contribution in [0.15, 0.2) is 35.7 Å². The van der Waals surface area contributed by atoms with Crippen LogP contribution in [0.3, 0.4) is 0 Å². The minimum Gasteiger partial charge on any atom is -0.461 e. The molecule has 1 atom stereocenters. The van der Waals surface area contributed by atoms with Crippen LogP contribution in [0.5, 0.6) is 0 Å². The first kappa shape index (κ1) is 11.2. The van der Waals surface area contributed by atoms with Crippen LogP contribution in [0, 0.1) is 5.92 Å². The van der Waals surface area contributed by atoms with Crippen LogP contribution < -0.4 is 0 Å². The van der Waals surface area contributed by atoms with Gasteiger partial charge in [0.1, 0.15) is 5.92 Å². The molecule has 4 nitrogen and oxygen atoms in total. The topological polar surface area (TPSA) is 56.5 Å². The number of rotatable bonds is 5. The van der Waals surface area contributed by atoms with E-state index in [0.717, 1.165) is 6.26 Å². The van der Waals surface area contributed by atoms with Gasteiger partial charge < -0.3 is 9.15 Å². The van der Waals surface area contributed by atoms with Gasteiger partial charge in [0.05, 0.1) is 12.5 Å². The van der Waals surface area contributed by atoms with E-state index in [4.69, 9.17) is 4.42 Å². The van der Waals surface area contributed by atoms with Crippen molar-refractivity contribution >= 4 is 11.8 Å². The van der Waals surface area contributed by atoms with Crippen LogP contribution in [-0.2, 0) is 9.53 Å². The zero-order valence-electron chi connectivity index (χ0n) is 8.43. The molecular weight excluding hydrogens is 196 g/mol. The van der Waals surface area contributed by atoms with E-state index in [2.05, 4.69) is 11.3 Å². The number of Topliss-reactive ketones (excluding diaryl/α,β-unsaturated/α-hetero) is 1. The van der Waals surface area contributed by atoms with Crippen molar-refractivity contribution in [3.63, 3.8) is 0 Å². The number of hydrogen-bond donors (Lipinski definition) is 0. The first-order valence-corrected chi connectivity index (χ1v) is 4.59. The van der Waals surface area contributed by atoms with Gasteiger partial charge in [-0.1, -0.05) is 13.5 Å². The molecule has 0 radical (unpaired) electrons. The van der Waals surface area contributed by atoms with Gasteiger partial charge in [0.15, 0.2) is 5.76 Å². The first-order valence-electron chi connectivity index (χ1n) is 4.59. The third kappa shape index (κ3) is 2.56. The molecule has 0 bridgehead atoms. The third-order valence-corrected chi connectivity index (χ3v) is 1.97. The van der Waals surface area contributed by atoms with Crippen LogP contribution >= 0.6 is 0 Å². The molecule has 1 heterocycles. The van der Waals surface area contributed by atoms with E-state index in [1.165, 1.54) is 12.3 Å². The molecule has 80 valence electrons. The maximum Gasteiger partial charge on any atom is 0.321 e. The van der Waals surface area contributed by atoms with Crippen molar-refractivity contribution in [3.05, 3.63) is 37.0 Å². The maximum absolute atomic E-state index is 11.7. The standard InChI is InChI=1S/C11H12O4/c1-3-8(11(13)14-4-2)10(12)9-6-5-7-15-9/h4-8H,2-3H2,1H3. The summed E-state index contributed by atoms with van der Waals surface area (Å²) < 4.78 is 9.50. The van der Waals surface area contributed by atoms with Crippen molar-refractivity contribution in [1.29, 1.82) is 0 Å². The van der Waals surface area contributed by atoms with Crippen molar-refractivity contribution in [2.75, 3.05) is 0 Å². The van der Waals surface area contributed by atoms with Gasteiger partial charge >= 0.3 is 5.97 Å². The van der Waals surface area contributed by atoms with Crippen molar-refractivity contribution in [1.82, 2.24) is 0 Å². The van der Waals surface area contributed by atoms with Gasteiger partial charge in [-0.15, -0.1) is 0 Å². The summed E-state index contributed by atoms with van der Waals surface area (Å²) in [7, 11) is 0. The largest absolute Gasteiger partial charge is 0.461 e. The smallest absolute Gasteiger partial charge is 0.321 e. The highest BCUT2D eigenvalue weighted by molar-refractivity contribution is 6.07. The summed E-state index contributed by atoms with van der Waals surface area (Å²) >= 11 is 0. The Morgan fingerprint density at radius 1 is 1.67 bits per heavy atom. The molecule has 1 rings (SSSR count). The Morgan fingerprint density at radius 3 is 2.87 bits per heavy atom. The highest BCUT2D eigenvalue weighted by atomic mass is 16.5. The number of carbonyl (C=O) groups excluding carboxylic acids is 2. The summed E-state index contributed by atoms with van der Waals surface area (Å²) in [6.07, 6.45) is 2.77. The van der Waals surface area contributed by atoms with E-state index in [1.54, 1.807) is 13.0 Å². The zero-order valence-corrected chi connectivity index (χ0v) is 8.43. The summed E-state index contributed by atoms with van der Waals surface area (Å²) in [5.74, 6) is -1.62. The average molecular weight is 208 g/mol. The van der Waals surface area contributed by atoms with E-state index in [1.807, 2.05) is 0 Å². The highest BCUT2D eigenvalue weighted by Crippen LogP contribution is 2.14. The Kier molecular flexibility index (Phi) is 3.85. The Hall–Kier alpha value is -1.84. The van der Waals surface area contributed by atoms with Crippen LogP contribution in [0.1, 0.15) is 23.9 Å². The normalized spacial score (nSPS) is 11.8. The summed E-state index contributed by atoms with van der Waals surface area (Å²) in [6, 6.07) is 3.12. The predicted molar refractivity (Wildman–Crippen MR) is 53.1 cm³/mol. The lowest BCUT2D eigenvalue weighted by atomic mass is 10.00. The second-order valence-electron chi connectivity index (χ2n) is 2.91. The first-order chi connectivity index (χ1) is 7.20. The molecule has 0 aliphatic rings. The molecule has 0 fully saturated rings. The van der Waals surface area contributed by atoms with Gasteiger partial charge in [-0.2, -0.15) is 0 Å². The second kappa shape index (κ2) is 5.14. The number of carbonyl (C=O) groups is 2. The predicted octanol–water partition coefficient (Wildman–Crippen LogP) is 2.18. The molecular formula is C11H12O4. The molecule has 0 spiro atoms. The Morgan fingerprint density at radius 2 is 2.40 bits per heavy atom. The van der Waals surface area contributed by atoms with Crippen molar-refractivity contribution in [3.8, 4) is 0 Å². The van der Waals surface area contributed by atoms with Crippen LogP contribution in [0.2, 0.25) is 0 Å². The molecule has 0 N–H and O–H groups in total. The lowest BCUT2D eigenvalue weighted by Crippen LogP contribution is -2.24. The van der Waals surface area contributed by atoms with E-state index < -0.39 is 11.9 Å². The molecule has 0 aliphatic carbocycles. The SMILES string of the molecule is C=COC(=O)C(CC)C(=O)c1ccco1. The lowest BCUT2D eigenvalue weighted by Gasteiger charge is -2.08. The molecule has 0 saturated carbocycles. The Balaban J connectivity index is 2.79. The molecule has 1 aromatic heterocycles. The fourth-order valence-electron chi connectivity index (χ4n) is 1.21. The molecule has 0 amide bonds.